The second-order valence-corrected chi connectivity index (χ2v) is 8.59. The topological polar surface area (TPSA) is 57.1 Å². The number of anilines is 1. The van der Waals surface area contributed by atoms with Gasteiger partial charge in [0, 0.05) is 35.8 Å². The van der Waals surface area contributed by atoms with Gasteiger partial charge in [-0.2, -0.15) is 5.10 Å². The van der Waals surface area contributed by atoms with Gasteiger partial charge >= 0.3 is 0 Å². The Balaban J connectivity index is 2.63. The minimum atomic E-state index is -0.308. The number of rotatable bonds is 7. The molecule has 1 N–H and O–H groups in total. The summed E-state index contributed by atoms with van der Waals surface area (Å²) in [7, 11) is 1.73. The molecule has 0 saturated heterocycles. The van der Waals surface area contributed by atoms with Crippen molar-refractivity contribution >= 4 is 35.7 Å². The number of nitrogens with one attached hydrogen (secondary N) is 1. The summed E-state index contributed by atoms with van der Waals surface area (Å²) in [6, 6.07) is 13.2. The molecule has 6 heteroatoms. The molecule has 2 rings (SSSR count). The number of benzene rings is 2. The van der Waals surface area contributed by atoms with Gasteiger partial charge in [-0.3, -0.25) is 9.79 Å². The van der Waals surface area contributed by atoms with Crippen LogP contribution in [-0.4, -0.2) is 31.0 Å². The van der Waals surface area contributed by atoms with E-state index in [2.05, 4.69) is 22.1 Å². The lowest BCUT2D eigenvalue weighted by atomic mass is 9.98. The van der Waals surface area contributed by atoms with E-state index in [0.717, 1.165) is 29.1 Å². The van der Waals surface area contributed by atoms with E-state index in [0.29, 0.717) is 10.6 Å². The van der Waals surface area contributed by atoms with Gasteiger partial charge in [-0.15, -0.1) is 0 Å². The van der Waals surface area contributed by atoms with Crippen molar-refractivity contribution in [1.82, 2.24) is 5.32 Å². The number of amides is 1. The zero-order chi connectivity index (χ0) is 22.5. The molecule has 0 aliphatic heterocycles. The van der Waals surface area contributed by atoms with Crippen molar-refractivity contribution < 1.29 is 4.79 Å². The van der Waals surface area contributed by atoms with Gasteiger partial charge in [-0.25, -0.2) is 5.01 Å². The summed E-state index contributed by atoms with van der Waals surface area (Å²) < 4.78 is 0. The third-order valence-electron chi connectivity index (χ3n) is 5.04. The molecule has 5 nitrogen and oxygen atoms in total. The minimum absolute atomic E-state index is 0.135. The molecule has 30 heavy (non-hydrogen) atoms. The van der Waals surface area contributed by atoms with E-state index in [1.807, 2.05) is 77.1 Å². The number of carbonyl (C=O) groups is 1. The standard InChI is InChI=1S/C24H31ClN4O/c1-8-24(4,5)28-23(30)19-13-18(17-9-11-20(25)12-10-17)14-21(15-19)29(27-7)22(26-6)16(2)3/h9-16H,7-8H2,1-6H3,(H,28,30). The number of aliphatic imine (C=N–C) groups is 1. The van der Waals surface area contributed by atoms with Crippen LogP contribution in [-0.2, 0) is 0 Å². The van der Waals surface area contributed by atoms with E-state index in [1.165, 1.54) is 0 Å². The van der Waals surface area contributed by atoms with Crippen molar-refractivity contribution in [2.45, 2.75) is 46.6 Å². The number of halogens is 1. The molecule has 0 fully saturated rings. The first kappa shape index (κ1) is 23.6. The van der Waals surface area contributed by atoms with Gasteiger partial charge in [0.2, 0.25) is 0 Å². The van der Waals surface area contributed by atoms with Gasteiger partial charge in [-0.1, -0.05) is 44.5 Å². The van der Waals surface area contributed by atoms with Gasteiger partial charge in [0.15, 0.2) is 0 Å². The monoisotopic (exact) mass is 426 g/mol. The third-order valence-corrected chi connectivity index (χ3v) is 5.29. The molecule has 0 heterocycles. The summed E-state index contributed by atoms with van der Waals surface area (Å²) >= 11 is 6.06. The van der Waals surface area contributed by atoms with Gasteiger partial charge < -0.3 is 5.32 Å². The average molecular weight is 427 g/mol. The molecule has 1 amide bonds. The molecule has 0 saturated carbocycles. The zero-order valence-corrected chi connectivity index (χ0v) is 19.4. The summed E-state index contributed by atoms with van der Waals surface area (Å²) in [5.74, 6) is 0.761. The summed E-state index contributed by atoms with van der Waals surface area (Å²) in [5, 5.41) is 9.64. The number of hydrazone groups is 1. The molecular formula is C24H31ClN4O. The second kappa shape index (κ2) is 9.90. The maximum absolute atomic E-state index is 13.1. The lowest BCUT2D eigenvalue weighted by Crippen LogP contribution is -2.42. The largest absolute Gasteiger partial charge is 0.347 e. The van der Waals surface area contributed by atoms with Crippen LogP contribution < -0.4 is 10.3 Å². The summed E-state index contributed by atoms with van der Waals surface area (Å²) in [6.45, 7) is 13.9. The molecule has 0 aliphatic rings. The molecule has 0 radical (unpaired) electrons. The Kier molecular flexibility index (Phi) is 7.79. The Bertz CT molecular complexity index is 933. The first-order valence-corrected chi connectivity index (χ1v) is 10.5. The molecule has 0 bridgehead atoms. The van der Waals surface area contributed by atoms with Crippen molar-refractivity contribution in [3.63, 3.8) is 0 Å². The molecule has 2 aromatic rings. The van der Waals surface area contributed by atoms with Gasteiger partial charge in [0.1, 0.15) is 5.84 Å². The van der Waals surface area contributed by atoms with Crippen LogP contribution >= 0.6 is 11.6 Å². The number of carbonyl (C=O) groups excluding carboxylic acids is 1. The molecule has 160 valence electrons. The van der Waals surface area contributed by atoms with Crippen molar-refractivity contribution in [1.29, 1.82) is 0 Å². The quantitative estimate of drug-likeness (QED) is 0.333. The maximum atomic E-state index is 13.1. The number of hydrogen-bond donors (Lipinski definition) is 1. The predicted molar refractivity (Wildman–Crippen MR) is 129 cm³/mol. The molecule has 0 aromatic heterocycles. The fourth-order valence-electron chi connectivity index (χ4n) is 3.03. The smallest absolute Gasteiger partial charge is 0.251 e. The average Bonchev–Trinajstić information content (AvgIpc) is 2.71. The Morgan fingerprint density at radius 1 is 1.17 bits per heavy atom. The van der Waals surface area contributed by atoms with Crippen LogP contribution in [0.5, 0.6) is 0 Å². The van der Waals surface area contributed by atoms with E-state index in [4.69, 9.17) is 11.6 Å². The normalized spacial score (nSPS) is 12.1. The van der Waals surface area contributed by atoms with Crippen LogP contribution in [0.15, 0.2) is 52.6 Å². The fraction of sp³-hybridized carbons (Fsp3) is 0.375. The summed E-state index contributed by atoms with van der Waals surface area (Å²) in [6.07, 6.45) is 0.822. The minimum Gasteiger partial charge on any atom is -0.347 e. The Hall–Kier alpha value is -2.66. The molecule has 2 aromatic carbocycles. The van der Waals surface area contributed by atoms with E-state index in [9.17, 15) is 4.79 Å². The van der Waals surface area contributed by atoms with Crippen molar-refractivity contribution in [3.8, 4) is 11.1 Å². The maximum Gasteiger partial charge on any atom is 0.251 e. The lowest BCUT2D eigenvalue weighted by molar-refractivity contribution is 0.0911. The van der Waals surface area contributed by atoms with Crippen LogP contribution in [0.3, 0.4) is 0 Å². The van der Waals surface area contributed by atoms with Gasteiger partial charge in [0.05, 0.1) is 5.69 Å². The highest BCUT2D eigenvalue weighted by atomic mass is 35.5. The highest BCUT2D eigenvalue weighted by molar-refractivity contribution is 6.30. The van der Waals surface area contributed by atoms with Crippen molar-refractivity contribution in [2.75, 3.05) is 12.1 Å². The number of amidine groups is 1. The Labute approximate surface area is 184 Å². The highest BCUT2D eigenvalue weighted by Gasteiger charge is 2.22. The predicted octanol–water partition coefficient (Wildman–Crippen LogP) is 6.03. The fourth-order valence-corrected chi connectivity index (χ4v) is 3.15. The zero-order valence-electron chi connectivity index (χ0n) is 18.7. The number of nitrogens with zero attached hydrogens (tertiary/aromatic N) is 3. The summed E-state index contributed by atoms with van der Waals surface area (Å²) in [4.78, 5) is 17.5. The number of hydrogen-bond acceptors (Lipinski definition) is 3. The van der Waals surface area contributed by atoms with Crippen molar-refractivity contribution in [3.05, 3.63) is 53.1 Å². The van der Waals surface area contributed by atoms with Crippen LogP contribution in [0.1, 0.15) is 51.4 Å². The van der Waals surface area contributed by atoms with E-state index in [-0.39, 0.29) is 17.4 Å². The third kappa shape index (κ3) is 5.70. The Morgan fingerprint density at radius 2 is 1.80 bits per heavy atom. The highest BCUT2D eigenvalue weighted by Crippen LogP contribution is 2.29. The summed E-state index contributed by atoms with van der Waals surface area (Å²) in [5.41, 5.74) is 2.81. The molecule has 0 spiro atoms. The Morgan fingerprint density at radius 3 is 2.30 bits per heavy atom. The van der Waals surface area contributed by atoms with Crippen LogP contribution in [0.25, 0.3) is 11.1 Å². The molecule has 0 atom stereocenters. The van der Waals surface area contributed by atoms with Gasteiger partial charge in [-0.05, 0) is 61.7 Å². The van der Waals surface area contributed by atoms with Crippen molar-refractivity contribution in [2.24, 2.45) is 16.0 Å². The van der Waals surface area contributed by atoms with E-state index >= 15 is 0 Å². The molecule has 0 aliphatic carbocycles. The van der Waals surface area contributed by atoms with E-state index in [1.54, 1.807) is 12.1 Å². The molecular weight excluding hydrogens is 396 g/mol. The van der Waals surface area contributed by atoms with Crippen LogP contribution in [0.2, 0.25) is 5.02 Å². The first-order chi connectivity index (χ1) is 14.1. The van der Waals surface area contributed by atoms with E-state index < -0.39 is 0 Å². The van der Waals surface area contributed by atoms with Gasteiger partial charge in [0.25, 0.3) is 5.91 Å². The van der Waals surface area contributed by atoms with Crippen LogP contribution in [0.4, 0.5) is 5.69 Å². The first-order valence-electron chi connectivity index (χ1n) is 10.1. The lowest BCUT2D eigenvalue weighted by Gasteiger charge is -2.26. The van der Waals surface area contributed by atoms with Crippen LogP contribution in [0, 0.1) is 5.92 Å². The SMILES string of the molecule is C=NN(C(=NC)C(C)C)c1cc(C(=O)NC(C)(C)CC)cc(-c2ccc(Cl)cc2)c1. The molecule has 0 unspecified atom stereocenters. The second-order valence-electron chi connectivity index (χ2n) is 8.16.